The molecule has 6 nitrogen and oxygen atoms in total. The van der Waals surface area contributed by atoms with Gasteiger partial charge in [0.15, 0.2) is 6.10 Å². The maximum absolute atomic E-state index is 12.1. The van der Waals surface area contributed by atoms with Crippen LogP contribution in [0.4, 0.5) is 5.69 Å². The van der Waals surface area contributed by atoms with Gasteiger partial charge in [-0.3, -0.25) is 4.79 Å². The Morgan fingerprint density at radius 1 is 1.19 bits per heavy atom. The summed E-state index contributed by atoms with van der Waals surface area (Å²) < 4.78 is 10.3. The van der Waals surface area contributed by atoms with Crippen LogP contribution in [-0.4, -0.2) is 25.1 Å². The smallest absolute Gasteiger partial charge is 0.331 e. The van der Waals surface area contributed by atoms with Gasteiger partial charge in [0.25, 0.3) is 5.91 Å². The zero-order chi connectivity index (χ0) is 18.9. The zero-order valence-corrected chi connectivity index (χ0v) is 14.4. The first kappa shape index (κ1) is 18.7. The Balaban J connectivity index is 1.94. The van der Waals surface area contributed by atoms with Crippen molar-refractivity contribution in [1.82, 2.24) is 0 Å². The highest BCUT2D eigenvalue weighted by Crippen LogP contribution is 2.18. The number of benzene rings is 2. The number of carbonyl (C=O) groups excluding carboxylic acids is 2. The summed E-state index contributed by atoms with van der Waals surface area (Å²) >= 11 is 0. The van der Waals surface area contributed by atoms with Crippen LogP contribution in [0.5, 0.6) is 5.75 Å². The average Bonchev–Trinajstić information content (AvgIpc) is 2.66. The first-order chi connectivity index (χ1) is 12.5. The lowest BCUT2D eigenvalue weighted by atomic mass is 10.2. The van der Waals surface area contributed by atoms with E-state index in [0.29, 0.717) is 17.0 Å². The minimum absolute atomic E-state index is 0.423. The molecule has 1 unspecified atom stereocenters. The minimum Gasteiger partial charge on any atom is -0.496 e. The van der Waals surface area contributed by atoms with Gasteiger partial charge in [0.1, 0.15) is 5.75 Å². The summed E-state index contributed by atoms with van der Waals surface area (Å²) in [5, 5.41) is 11.5. The van der Waals surface area contributed by atoms with Crippen LogP contribution in [0, 0.1) is 11.3 Å². The summed E-state index contributed by atoms with van der Waals surface area (Å²) in [6.45, 7) is 1.47. The molecule has 1 atom stereocenters. The normalized spacial score (nSPS) is 11.4. The molecule has 2 aromatic rings. The quantitative estimate of drug-likeness (QED) is 0.639. The number of hydrogen-bond acceptors (Lipinski definition) is 5. The fraction of sp³-hybridized carbons (Fsp3) is 0.150. The maximum Gasteiger partial charge on any atom is 0.331 e. The number of anilines is 1. The molecule has 0 aromatic heterocycles. The second kappa shape index (κ2) is 9.04. The molecule has 6 heteroatoms. The van der Waals surface area contributed by atoms with Gasteiger partial charge in [0.2, 0.25) is 0 Å². The summed E-state index contributed by atoms with van der Waals surface area (Å²) in [5.41, 5.74) is 1.60. The molecule has 2 aromatic carbocycles. The lowest BCUT2D eigenvalue weighted by Gasteiger charge is -2.12. The SMILES string of the molecule is COc1ccccc1/C=C/C(=O)OC(C)C(=O)Nc1cccc(C#N)c1. The van der Waals surface area contributed by atoms with Gasteiger partial charge in [0.05, 0.1) is 18.7 Å². The van der Waals surface area contributed by atoms with E-state index >= 15 is 0 Å². The summed E-state index contributed by atoms with van der Waals surface area (Å²) in [6.07, 6.45) is 1.80. The van der Waals surface area contributed by atoms with E-state index in [1.54, 1.807) is 43.5 Å². The van der Waals surface area contributed by atoms with Crippen LogP contribution in [0.15, 0.2) is 54.6 Å². The molecule has 0 aliphatic rings. The van der Waals surface area contributed by atoms with Gasteiger partial charge in [0, 0.05) is 17.3 Å². The number of rotatable bonds is 6. The molecule has 0 saturated heterocycles. The molecule has 0 radical (unpaired) electrons. The van der Waals surface area contributed by atoms with Gasteiger partial charge < -0.3 is 14.8 Å². The van der Waals surface area contributed by atoms with Crippen molar-refractivity contribution in [2.45, 2.75) is 13.0 Å². The molecule has 26 heavy (non-hydrogen) atoms. The van der Waals surface area contributed by atoms with E-state index in [1.165, 1.54) is 19.1 Å². The molecule has 1 N–H and O–H groups in total. The summed E-state index contributed by atoms with van der Waals surface area (Å²) in [5.74, 6) is -0.511. The van der Waals surface area contributed by atoms with E-state index in [0.717, 1.165) is 5.56 Å². The van der Waals surface area contributed by atoms with Crippen molar-refractivity contribution in [1.29, 1.82) is 5.26 Å². The molecule has 0 aliphatic carbocycles. The van der Waals surface area contributed by atoms with Gasteiger partial charge >= 0.3 is 5.97 Å². The number of nitriles is 1. The van der Waals surface area contributed by atoms with Crippen molar-refractivity contribution in [2.24, 2.45) is 0 Å². The zero-order valence-electron chi connectivity index (χ0n) is 14.4. The largest absolute Gasteiger partial charge is 0.496 e. The molecular formula is C20H18N2O4. The van der Waals surface area contributed by atoms with Crippen LogP contribution in [-0.2, 0) is 14.3 Å². The van der Waals surface area contributed by atoms with Crippen LogP contribution >= 0.6 is 0 Å². The molecule has 2 rings (SSSR count). The molecule has 0 aliphatic heterocycles. The van der Waals surface area contributed by atoms with E-state index in [1.807, 2.05) is 18.2 Å². The molecule has 132 valence electrons. The number of esters is 1. The van der Waals surface area contributed by atoms with Crippen LogP contribution in [0.2, 0.25) is 0 Å². The minimum atomic E-state index is -0.990. The molecule has 0 spiro atoms. The summed E-state index contributed by atoms with van der Waals surface area (Å²) in [6, 6.07) is 15.7. The van der Waals surface area contributed by atoms with Crippen LogP contribution in [0.25, 0.3) is 6.08 Å². The van der Waals surface area contributed by atoms with Crippen molar-refractivity contribution >= 4 is 23.6 Å². The van der Waals surface area contributed by atoms with Gasteiger partial charge in [-0.25, -0.2) is 4.79 Å². The summed E-state index contributed by atoms with van der Waals surface area (Å²) in [7, 11) is 1.54. The van der Waals surface area contributed by atoms with E-state index in [4.69, 9.17) is 14.7 Å². The Kier molecular flexibility index (Phi) is 6.52. The second-order valence-corrected chi connectivity index (χ2v) is 5.34. The lowest BCUT2D eigenvalue weighted by Crippen LogP contribution is -2.29. The standard InChI is InChI=1S/C20H18N2O4/c1-14(20(24)22-17-8-5-6-15(12-17)13-21)26-19(23)11-10-16-7-3-4-9-18(16)25-2/h3-12,14H,1-2H3,(H,22,24)/b11-10+. The van der Waals surface area contributed by atoms with Crippen molar-refractivity contribution in [3.63, 3.8) is 0 Å². The van der Waals surface area contributed by atoms with E-state index in [2.05, 4.69) is 5.32 Å². The Morgan fingerprint density at radius 2 is 1.96 bits per heavy atom. The third-order valence-electron chi connectivity index (χ3n) is 3.46. The van der Waals surface area contributed by atoms with Crippen LogP contribution in [0.1, 0.15) is 18.1 Å². The number of nitrogens with one attached hydrogen (secondary N) is 1. The van der Waals surface area contributed by atoms with Crippen molar-refractivity contribution in [3.8, 4) is 11.8 Å². The highest BCUT2D eigenvalue weighted by atomic mass is 16.5. The average molecular weight is 350 g/mol. The first-order valence-corrected chi connectivity index (χ1v) is 7.86. The number of methoxy groups -OCH3 is 1. The third kappa shape index (κ3) is 5.21. The van der Waals surface area contributed by atoms with Crippen molar-refractivity contribution < 1.29 is 19.1 Å². The monoisotopic (exact) mass is 350 g/mol. The number of carbonyl (C=O) groups is 2. The summed E-state index contributed by atoms with van der Waals surface area (Å²) in [4.78, 5) is 24.0. The number of hydrogen-bond donors (Lipinski definition) is 1. The highest BCUT2D eigenvalue weighted by molar-refractivity contribution is 5.96. The number of nitrogens with zero attached hydrogens (tertiary/aromatic N) is 1. The molecule has 0 bridgehead atoms. The Hall–Kier alpha value is -3.59. The molecule has 1 amide bonds. The topological polar surface area (TPSA) is 88.4 Å². The number of amides is 1. The Labute approximate surface area is 151 Å². The lowest BCUT2D eigenvalue weighted by molar-refractivity contribution is -0.148. The fourth-order valence-corrected chi connectivity index (χ4v) is 2.14. The molecule has 0 heterocycles. The van der Waals surface area contributed by atoms with Gasteiger partial charge in [-0.2, -0.15) is 5.26 Å². The second-order valence-electron chi connectivity index (χ2n) is 5.34. The maximum atomic E-state index is 12.1. The van der Waals surface area contributed by atoms with Crippen LogP contribution in [0.3, 0.4) is 0 Å². The van der Waals surface area contributed by atoms with E-state index in [9.17, 15) is 9.59 Å². The van der Waals surface area contributed by atoms with Crippen molar-refractivity contribution in [3.05, 3.63) is 65.7 Å². The Bertz CT molecular complexity index is 868. The number of ether oxygens (including phenoxy) is 2. The molecular weight excluding hydrogens is 332 g/mol. The number of para-hydroxylation sites is 1. The van der Waals surface area contributed by atoms with Gasteiger partial charge in [-0.05, 0) is 37.3 Å². The van der Waals surface area contributed by atoms with Gasteiger partial charge in [-0.15, -0.1) is 0 Å². The van der Waals surface area contributed by atoms with E-state index in [-0.39, 0.29) is 0 Å². The third-order valence-corrected chi connectivity index (χ3v) is 3.46. The molecule has 0 fully saturated rings. The van der Waals surface area contributed by atoms with Crippen LogP contribution < -0.4 is 10.1 Å². The van der Waals surface area contributed by atoms with Gasteiger partial charge in [-0.1, -0.05) is 24.3 Å². The predicted octanol–water partition coefficient (Wildman–Crippen LogP) is 3.15. The predicted molar refractivity (Wildman–Crippen MR) is 97.4 cm³/mol. The Morgan fingerprint density at radius 3 is 2.69 bits per heavy atom. The molecule has 0 saturated carbocycles. The first-order valence-electron chi connectivity index (χ1n) is 7.86. The van der Waals surface area contributed by atoms with E-state index < -0.39 is 18.0 Å². The fourth-order valence-electron chi connectivity index (χ4n) is 2.14. The van der Waals surface area contributed by atoms with Crippen molar-refractivity contribution in [2.75, 3.05) is 12.4 Å². The highest BCUT2D eigenvalue weighted by Gasteiger charge is 2.16.